The third-order valence-corrected chi connectivity index (χ3v) is 7.02. The molecule has 1 saturated carbocycles. The Morgan fingerprint density at radius 3 is 2.57 bits per heavy atom. The Bertz CT molecular complexity index is 1360. The number of hydrogen-bond acceptors (Lipinski definition) is 6. The van der Waals surface area contributed by atoms with Gasteiger partial charge in [0.05, 0.1) is 16.0 Å². The van der Waals surface area contributed by atoms with Crippen LogP contribution in [0.1, 0.15) is 40.0 Å². The lowest BCUT2D eigenvalue weighted by atomic mass is 9.65. The first kappa shape index (κ1) is 24.6. The van der Waals surface area contributed by atoms with Gasteiger partial charge in [-0.1, -0.05) is 11.6 Å². The van der Waals surface area contributed by atoms with Crippen LogP contribution in [0.5, 0.6) is 11.6 Å². The molecule has 0 unspecified atom stereocenters. The number of rotatable bonds is 6. The average Bonchev–Trinajstić information content (AvgIpc) is 3.30. The zero-order chi connectivity index (χ0) is 26.2. The van der Waals surface area contributed by atoms with E-state index in [-0.39, 0.29) is 22.9 Å². The molecule has 0 atom stereocenters. The zero-order valence-electron chi connectivity index (χ0n) is 19.5. The summed E-state index contributed by atoms with van der Waals surface area (Å²) in [7, 11) is 0. The Balaban J connectivity index is 1.14. The molecule has 0 bridgehead atoms. The van der Waals surface area contributed by atoms with Gasteiger partial charge < -0.3 is 15.0 Å². The molecule has 1 spiro atoms. The van der Waals surface area contributed by atoms with E-state index in [1.54, 1.807) is 36.4 Å². The van der Waals surface area contributed by atoms with Crippen molar-refractivity contribution in [3.63, 3.8) is 0 Å². The topological polar surface area (TPSA) is 115 Å². The number of nitrogens with one attached hydrogen (secondary N) is 1. The van der Waals surface area contributed by atoms with Gasteiger partial charge in [-0.05, 0) is 61.1 Å². The van der Waals surface area contributed by atoms with Gasteiger partial charge in [0.1, 0.15) is 11.6 Å². The SMILES string of the molecule is O=C(NC1CC2(CCN(C(=O)c3ccc(Oc4ccc(Cl)cn4)cc3)C2)C1)c1cc(F)cc([N+](=O)[O-])c1. The normalized spacial score (nSPS) is 20.4. The summed E-state index contributed by atoms with van der Waals surface area (Å²) in [4.78, 5) is 41.6. The number of likely N-dealkylation sites (tertiary alicyclic amines) is 1. The van der Waals surface area contributed by atoms with E-state index >= 15 is 0 Å². The highest BCUT2D eigenvalue weighted by Gasteiger charge is 2.49. The van der Waals surface area contributed by atoms with Gasteiger partial charge in [0.25, 0.3) is 17.5 Å². The molecule has 2 amide bonds. The van der Waals surface area contributed by atoms with Crippen molar-refractivity contribution in [1.29, 1.82) is 0 Å². The van der Waals surface area contributed by atoms with E-state index in [1.807, 2.05) is 4.90 Å². The summed E-state index contributed by atoms with van der Waals surface area (Å²) in [5.74, 6) is -0.523. The van der Waals surface area contributed by atoms with Gasteiger partial charge in [-0.3, -0.25) is 19.7 Å². The number of ether oxygens (including phenoxy) is 1. The molecular weight excluding hydrogens is 503 g/mol. The number of carbonyl (C=O) groups is 2. The molecule has 1 N–H and O–H groups in total. The Morgan fingerprint density at radius 1 is 1.14 bits per heavy atom. The number of halogens is 2. The second kappa shape index (κ2) is 9.78. The highest BCUT2D eigenvalue weighted by Crippen LogP contribution is 2.48. The average molecular weight is 525 g/mol. The van der Waals surface area contributed by atoms with Gasteiger partial charge in [-0.2, -0.15) is 0 Å². The van der Waals surface area contributed by atoms with Crippen LogP contribution in [-0.2, 0) is 0 Å². The fourth-order valence-electron chi connectivity index (χ4n) is 5.00. The fourth-order valence-corrected chi connectivity index (χ4v) is 5.11. The van der Waals surface area contributed by atoms with Crippen LogP contribution in [0.4, 0.5) is 10.1 Å². The molecule has 2 aromatic carbocycles. The summed E-state index contributed by atoms with van der Waals surface area (Å²) in [5.41, 5.74) is -0.0907. The van der Waals surface area contributed by atoms with E-state index in [0.717, 1.165) is 24.6 Å². The number of amides is 2. The van der Waals surface area contributed by atoms with Crippen LogP contribution in [0, 0.1) is 21.3 Å². The number of aromatic nitrogens is 1. The maximum absolute atomic E-state index is 13.7. The van der Waals surface area contributed by atoms with Crippen LogP contribution >= 0.6 is 11.6 Å². The van der Waals surface area contributed by atoms with E-state index in [1.165, 1.54) is 6.20 Å². The predicted molar refractivity (Wildman–Crippen MR) is 132 cm³/mol. The number of nitro benzene ring substituents is 1. The standard InChI is InChI=1S/C26H22ClFN4O5/c27-18-3-6-23(29-14-18)37-22-4-1-16(2-5-22)25(34)31-8-7-26(15-31)12-20(13-26)30-24(33)17-9-19(28)11-21(10-17)32(35)36/h1-6,9-11,14,20H,7-8,12-13,15H2,(H,30,33). The molecule has 37 heavy (non-hydrogen) atoms. The maximum Gasteiger partial charge on any atom is 0.273 e. The maximum atomic E-state index is 13.7. The van der Waals surface area contributed by atoms with Crippen LogP contribution < -0.4 is 10.1 Å². The molecule has 1 aliphatic carbocycles. The molecule has 2 heterocycles. The number of hydrogen-bond donors (Lipinski definition) is 1. The highest BCUT2D eigenvalue weighted by atomic mass is 35.5. The van der Waals surface area contributed by atoms with E-state index in [4.69, 9.17) is 16.3 Å². The molecule has 1 aliphatic heterocycles. The summed E-state index contributed by atoms with van der Waals surface area (Å²) in [6.45, 7) is 1.19. The predicted octanol–water partition coefficient (Wildman–Crippen LogP) is 5.00. The third-order valence-electron chi connectivity index (χ3n) is 6.80. The minimum atomic E-state index is -0.837. The lowest BCUT2D eigenvalue weighted by molar-refractivity contribution is -0.385. The van der Waals surface area contributed by atoms with Crippen molar-refractivity contribution < 1.29 is 23.6 Å². The second-order valence-corrected chi connectivity index (χ2v) is 9.89. The Labute approximate surface area is 216 Å². The molecule has 1 aromatic heterocycles. The van der Waals surface area contributed by atoms with Crippen LogP contribution in [-0.4, -0.2) is 45.8 Å². The van der Waals surface area contributed by atoms with Crippen molar-refractivity contribution in [2.75, 3.05) is 13.1 Å². The van der Waals surface area contributed by atoms with Crippen molar-refractivity contribution in [3.05, 3.63) is 92.9 Å². The molecule has 0 radical (unpaired) electrons. The van der Waals surface area contributed by atoms with Gasteiger partial charge >= 0.3 is 0 Å². The molecule has 5 rings (SSSR count). The first-order valence-corrected chi connectivity index (χ1v) is 12.0. The van der Waals surface area contributed by atoms with Crippen LogP contribution in [0.15, 0.2) is 60.8 Å². The van der Waals surface area contributed by atoms with Crippen LogP contribution in [0.25, 0.3) is 0 Å². The Kier molecular flexibility index (Phi) is 6.51. The molecule has 3 aromatic rings. The number of non-ortho nitro benzene ring substituents is 1. The molecular formula is C26H22ClFN4O5. The Hall–Kier alpha value is -4.05. The van der Waals surface area contributed by atoms with Crippen molar-refractivity contribution in [2.45, 2.75) is 25.3 Å². The molecule has 11 heteroatoms. The minimum absolute atomic E-state index is 0.0763. The number of pyridine rings is 1. The summed E-state index contributed by atoms with van der Waals surface area (Å²) in [6.07, 6.45) is 3.67. The number of nitro groups is 1. The molecule has 2 aliphatic rings. The smallest absolute Gasteiger partial charge is 0.273 e. The summed E-state index contributed by atoms with van der Waals surface area (Å²) < 4.78 is 19.3. The largest absolute Gasteiger partial charge is 0.439 e. The van der Waals surface area contributed by atoms with Crippen molar-refractivity contribution in [2.24, 2.45) is 5.41 Å². The second-order valence-electron chi connectivity index (χ2n) is 9.45. The summed E-state index contributed by atoms with van der Waals surface area (Å²) in [5, 5.41) is 14.3. The van der Waals surface area contributed by atoms with Crippen molar-refractivity contribution >= 4 is 29.1 Å². The van der Waals surface area contributed by atoms with Gasteiger partial charge in [-0.25, -0.2) is 9.37 Å². The van der Waals surface area contributed by atoms with Gasteiger partial charge in [0.2, 0.25) is 5.88 Å². The number of nitrogens with zero attached hydrogens (tertiary/aromatic N) is 3. The van der Waals surface area contributed by atoms with E-state index < -0.39 is 22.3 Å². The number of benzene rings is 2. The molecule has 1 saturated heterocycles. The summed E-state index contributed by atoms with van der Waals surface area (Å²) in [6, 6.07) is 12.8. The third kappa shape index (κ3) is 5.39. The van der Waals surface area contributed by atoms with Crippen molar-refractivity contribution in [3.8, 4) is 11.6 Å². The quantitative estimate of drug-likeness (QED) is 0.358. The zero-order valence-corrected chi connectivity index (χ0v) is 20.3. The summed E-state index contributed by atoms with van der Waals surface area (Å²) >= 11 is 5.83. The first-order valence-electron chi connectivity index (χ1n) is 11.6. The van der Waals surface area contributed by atoms with E-state index in [0.29, 0.717) is 48.1 Å². The molecule has 9 nitrogen and oxygen atoms in total. The highest BCUT2D eigenvalue weighted by molar-refractivity contribution is 6.30. The van der Waals surface area contributed by atoms with Crippen LogP contribution in [0.2, 0.25) is 5.02 Å². The molecule has 190 valence electrons. The van der Waals surface area contributed by atoms with Gasteiger partial charge in [0.15, 0.2) is 0 Å². The minimum Gasteiger partial charge on any atom is -0.439 e. The lowest BCUT2D eigenvalue weighted by Gasteiger charge is -2.45. The van der Waals surface area contributed by atoms with Crippen LogP contribution in [0.3, 0.4) is 0 Å². The first-order chi connectivity index (χ1) is 17.7. The fraction of sp³-hybridized carbons (Fsp3) is 0.269. The molecule has 2 fully saturated rings. The Morgan fingerprint density at radius 2 is 1.89 bits per heavy atom. The van der Waals surface area contributed by atoms with Crippen molar-refractivity contribution in [1.82, 2.24) is 15.2 Å². The van der Waals surface area contributed by atoms with Gasteiger partial charge in [0, 0.05) is 48.6 Å². The lowest BCUT2D eigenvalue weighted by Crippen LogP contribution is -2.52. The van der Waals surface area contributed by atoms with E-state index in [2.05, 4.69) is 10.3 Å². The van der Waals surface area contributed by atoms with E-state index in [9.17, 15) is 24.1 Å². The van der Waals surface area contributed by atoms with Gasteiger partial charge in [-0.15, -0.1) is 0 Å². The number of carbonyl (C=O) groups excluding carboxylic acids is 2. The monoisotopic (exact) mass is 524 g/mol.